The zero-order chi connectivity index (χ0) is 9.82. The summed E-state index contributed by atoms with van der Waals surface area (Å²) in [6, 6.07) is 0. The molecule has 1 fully saturated rings. The van der Waals surface area contributed by atoms with E-state index in [-0.39, 0.29) is 0 Å². The van der Waals surface area contributed by atoms with Crippen LogP contribution in [0.25, 0.3) is 0 Å². The largest absolute Gasteiger partial charge is 0.314 e. The van der Waals surface area contributed by atoms with Gasteiger partial charge in [-0.05, 0) is 5.92 Å². The van der Waals surface area contributed by atoms with Gasteiger partial charge in [-0.1, -0.05) is 34.6 Å². The van der Waals surface area contributed by atoms with Gasteiger partial charge >= 0.3 is 0 Å². The fourth-order valence-electron chi connectivity index (χ4n) is 0.604. The molecule has 2 heteroatoms. The van der Waals surface area contributed by atoms with Crippen molar-refractivity contribution >= 4 is 0 Å². The van der Waals surface area contributed by atoms with Gasteiger partial charge in [0.25, 0.3) is 0 Å². The molecule has 0 aromatic rings. The van der Waals surface area contributed by atoms with Crippen molar-refractivity contribution in [1.82, 2.24) is 10.6 Å². The maximum atomic E-state index is 3.22. The monoisotopic (exact) mass is 174 g/mol. The first-order chi connectivity index (χ1) is 5.73. The second-order valence-electron chi connectivity index (χ2n) is 3.23. The molecule has 0 bridgehead atoms. The lowest BCUT2D eigenvalue weighted by Gasteiger charge is -2.11. The van der Waals surface area contributed by atoms with E-state index in [9.17, 15) is 0 Å². The minimum Gasteiger partial charge on any atom is -0.314 e. The van der Waals surface area contributed by atoms with Crippen LogP contribution < -0.4 is 10.6 Å². The molecule has 76 valence electrons. The smallest absolute Gasteiger partial charge is 0.00772 e. The topological polar surface area (TPSA) is 24.1 Å². The highest BCUT2D eigenvalue weighted by molar-refractivity contribution is 4.59. The minimum absolute atomic E-state index is 0.833. The maximum absolute atomic E-state index is 3.22. The molecule has 0 aromatic carbocycles. The third kappa shape index (κ3) is 22.5. The van der Waals surface area contributed by atoms with E-state index in [4.69, 9.17) is 0 Å². The van der Waals surface area contributed by atoms with Gasteiger partial charge in [-0.25, -0.2) is 0 Å². The van der Waals surface area contributed by atoms with Crippen LogP contribution in [0.3, 0.4) is 0 Å². The molecule has 1 heterocycles. The molecule has 0 unspecified atom stereocenters. The highest BCUT2D eigenvalue weighted by Crippen LogP contribution is 1.81. The summed E-state index contributed by atoms with van der Waals surface area (Å²) in [5.74, 6) is 0.833. The molecule has 0 aliphatic carbocycles. The number of rotatable bonds is 0. The normalized spacial score (nSPS) is 15.5. The second-order valence-corrected chi connectivity index (χ2v) is 3.23. The van der Waals surface area contributed by atoms with Crippen molar-refractivity contribution in [1.29, 1.82) is 0 Å². The number of hydrogen-bond donors (Lipinski definition) is 2. The molecular weight excluding hydrogens is 148 g/mol. The molecule has 1 aliphatic rings. The fraction of sp³-hybridized carbons (Fsp3) is 1.00. The van der Waals surface area contributed by atoms with Crippen molar-refractivity contribution in [3.05, 3.63) is 0 Å². The quantitative estimate of drug-likeness (QED) is 0.586. The lowest BCUT2D eigenvalue weighted by molar-refractivity contribution is 0.534. The molecule has 1 rings (SSSR count). The van der Waals surface area contributed by atoms with Gasteiger partial charge in [0.1, 0.15) is 0 Å². The van der Waals surface area contributed by atoms with E-state index in [1.807, 2.05) is 13.8 Å². The van der Waals surface area contributed by atoms with Gasteiger partial charge < -0.3 is 10.6 Å². The highest BCUT2D eigenvalue weighted by Gasteiger charge is 1.91. The summed E-state index contributed by atoms with van der Waals surface area (Å²) in [5, 5.41) is 6.44. The second kappa shape index (κ2) is 13.5. The van der Waals surface area contributed by atoms with Gasteiger partial charge in [-0.15, -0.1) is 0 Å². The van der Waals surface area contributed by atoms with E-state index in [2.05, 4.69) is 31.4 Å². The Morgan fingerprint density at radius 3 is 1.00 bits per heavy atom. The molecule has 0 spiro atoms. The summed E-state index contributed by atoms with van der Waals surface area (Å²) < 4.78 is 0. The molecule has 0 saturated carbocycles. The first kappa shape index (κ1) is 14.4. The van der Waals surface area contributed by atoms with E-state index in [0.29, 0.717) is 0 Å². The van der Waals surface area contributed by atoms with E-state index >= 15 is 0 Å². The van der Waals surface area contributed by atoms with Gasteiger partial charge in [0.2, 0.25) is 0 Å². The molecule has 2 nitrogen and oxygen atoms in total. The average molecular weight is 174 g/mol. The van der Waals surface area contributed by atoms with Crippen LogP contribution >= 0.6 is 0 Å². The van der Waals surface area contributed by atoms with E-state index in [1.54, 1.807) is 0 Å². The summed E-state index contributed by atoms with van der Waals surface area (Å²) in [4.78, 5) is 0. The van der Waals surface area contributed by atoms with Crippen LogP contribution in [0.4, 0.5) is 0 Å². The van der Waals surface area contributed by atoms with Gasteiger partial charge in [-0.3, -0.25) is 0 Å². The van der Waals surface area contributed by atoms with E-state index < -0.39 is 0 Å². The van der Waals surface area contributed by atoms with Gasteiger partial charge in [0, 0.05) is 26.2 Å². The Kier molecular flexibility index (Phi) is 16.3. The molecule has 0 aromatic heterocycles. The summed E-state index contributed by atoms with van der Waals surface area (Å²) >= 11 is 0. The number of nitrogens with one attached hydrogen (secondary N) is 2. The molecule has 0 amide bonds. The maximum Gasteiger partial charge on any atom is 0.00772 e. The first-order valence-corrected chi connectivity index (χ1v) is 5.15. The van der Waals surface area contributed by atoms with Gasteiger partial charge in [-0.2, -0.15) is 0 Å². The molecule has 2 N–H and O–H groups in total. The summed E-state index contributed by atoms with van der Waals surface area (Å²) in [6.07, 6.45) is 0. The van der Waals surface area contributed by atoms with Crippen LogP contribution in [-0.4, -0.2) is 26.2 Å². The minimum atomic E-state index is 0.833. The number of piperazine rings is 1. The van der Waals surface area contributed by atoms with E-state index in [0.717, 1.165) is 32.1 Å². The SMILES string of the molecule is C1CNCCN1.CC.CC(C)C. The third-order valence-electron chi connectivity index (χ3n) is 0.957. The summed E-state index contributed by atoms with van der Waals surface area (Å²) in [7, 11) is 0. The van der Waals surface area contributed by atoms with E-state index in [1.165, 1.54) is 0 Å². The molecule has 1 saturated heterocycles. The van der Waals surface area contributed by atoms with Crippen molar-refractivity contribution in [3.8, 4) is 0 Å². The van der Waals surface area contributed by atoms with Crippen LogP contribution in [-0.2, 0) is 0 Å². The lowest BCUT2D eigenvalue weighted by Crippen LogP contribution is -2.39. The lowest BCUT2D eigenvalue weighted by atomic mass is 10.3. The highest BCUT2D eigenvalue weighted by atomic mass is 15.0. The third-order valence-corrected chi connectivity index (χ3v) is 0.957. The first-order valence-electron chi connectivity index (χ1n) is 5.15. The predicted molar refractivity (Wildman–Crippen MR) is 57.6 cm³/mol. The van der Waals surface area contributed by atoms with Gasteiger partial charge in [0.05, 0.1) is 0 Å². The van der Waals surface area contributed by atoms with Crippen molar-refractivity contribution in [2.75, 3.05) is 26.2 Å². The fourth-order valence-corrected chi connectivity index (χ4v) is 0.604. The zero-order valence-electron chi connectivity index (χ0n) is 9.41. The molecule has 12 heavy (non-hydrogen) atoms. The Labute approximate surface area is 78.1 Å². The van der Waals surface area contributed by atoms with Crippen molar-refractivity contribution in [3.63, 3.8) is 0 Å². The summed E-state index contributed by atoms with van der Waals surface area (Å²) in [6.45, 7) is 15.1. The Balaban J connectivity index is 0. The van der Waals surface area contributed by atoms with Crippen LogP contribution in [0.2, 0.25) is 0 Å². The Morgan fingerprint density at radius 1 is 0.750 bits per heavy atom. The Bertz CT molecular complexity index is 44.6. The predicted octanol–water partition coefficient (Wildman–Crippen LogP) is 1.87. The van der Waals surface area contributed by atoms with Crippen molar-refractivity contribution < 1.29 is 0 Å². The average Bonchev–Trinajstić information content (AvgIpc) is 2.10. The standard InChI is InChI=1S/C4H10N2.C4H10.C2H6/c1-2-6-4-3-5-1;1-4(2)3;1-2/h5-6H,1-4H2;4H,1-3H3;1-2H3. The van der Waals surface area contributed by atoms with Crippen LogP contribution in [0.1, 0.15) is 34.6 Å². The summed E-state index contributed by atoms with van der Waals surface area (Å²) in [5.41, 5.74) is 0. The van der Waals surface area contributed by atoms with Crippen LogP contribution in [0.15, 0.2) is 0 Å². The zero-order valence-corrected chi connectivity index (χ0v) is 9.41. The molecule has 0 radical (unpaired) electrons. The Morgan fingerprint density at radius 2 is 0.917 bits per heavy atom. The molecule has 1 aliphatic heterocycles. The number of hydrogen-bond acceptors (Lipinski definition) is 2. The van der Waals surface area contributed by atoms with Crippen LogP contribution in [0, 0.1) is 5.92 Å². The van der Waals surface area contributed by atoms with Crippen LogP contribution in [0.5, 0.6) is 0 Å². The molecule has 0 atom stereocenters. The van der Waals surface area contributed by atoms with Crippen molar-refractivity contribution in [2.45, 2.75) is 34.6 Å². The van der Waals surface area contributed by atoms with Gasteiger partial charge in [0.15, 0.2) is 0 Å². The van der Waals surface area contributed by atoms with Crippen molar-refractivity contribution in [2.24, 2.45) is 5.92 Å². The molecular formula is C10H26N2. The Hall–Kier alpha value is -0.0800.